The molecule has 0 bridgehead atoms. The van der Waals surface area contributed by atoms with E-state index in [4.69, 9.17) is 16.3 Å². The van der Waals surface area contributed by atoms with Gasteiger partial charge in [0.05, 0.1) is 10.2 Å². The monoisotopic (exact) mass is 413 g/mol. The summed E-state index contributed by atoms with van der Waals surface area (Å²) in [4.78, 5) is 12.1. The average Bonchev–Trinajstić information content (AvgIpc) is 2.84. The van der Waals surface area contributed by atoms with Crippen LogP contribution in [0.25, 0.3) is 0 Å². The summed E-state index contributed by atoms with van der Waals surface area (Å²) in [6.45, 7) is 7.07. The number of ether oxygens (including phenoxy) is 1. The number of rotatable bonds is 7. The minimum Gasteiger partial charge on any atom is -0.480 e. The lowest BCUT2D eigenvalue weighted by atomic mass is 10.3. The zero-order valence-electron chi connectivity index (χ0n) is 14.0. The van der Waals surface area contributed by atoms with E-state index in [0.717, 1.165) is 28.8 Å². The topological polar surface area (TPSA) is 56.2 Å². The van der Waals surface area contributed by atoms with Gasteiger partial charge in [-0.3, -0.25) is 9.48 Å². The van der Waals surface area contributed by atoms with E-state index in [1.165, 1.54) is 0 Å². The lowest BCUT2D eigenvalue weighted by molar-refractivity contribution is -0.127. The number of aromatic nitrogens is 2. The molecule has 2 rings (SSSR count). The van der Waals surface area contributed by atoms with Crippen LogP contribution in [0.4, 0.5) is 0 Å². The van der Waals surface area contributed by atoms with Crippen LogP contribution in [-0.2, 0) is 11.3 Å². The van der Waals surface area contributed by atoms with Crippen molar-refractivity contribution in [2.24, 2.45) is 0 Å². The van der Waals surface area contributed by atoms with E-state index < -0.39 is 6.10 Å². The van der Waals surface area contributed by atoms with E-state index >= 15 is 0 Å². The van der Waals surface area contributed by atoms with Crippen LogP contribution in [-0.4, -0.2) is 28.3 Å². The Balaban J connectivity index is 1.76. The minimum atomic E-state index is -0.587. The molecule has 130 valence electrons. The standard InChI is InChI=1S/C17H21BrClN3O2/c1-11-9-12(2)22(21-11)8-4-7-20-17(23)13(3)24-16-6-5-14(19)10-15(16)18/h5-6,9-10,13H,4,7-8H2,1-3H3,(H,20,23). The van der Waals surface area contributed by atoms with E-state index in [0.29, 0.717) is 17.3 Å². The molecule has 1 amide bonds. The molecule has 0 aliphatic rings. The molecule has 7 heteroatoms. The van der Waals surface area contributed by atoms with Crippen molar-refractivity contribution in [1.82, 2.24) is 15.1 Å². The molecule has 0 fully saturated rings. The summed E-state index contributed by atoms with van der Waals surface area (Å²) in [5.41, 5.74) is 2.13. The Bertz CT molecular complexity index is 718. The smallest absolute Gasteiger partial charge is 0.260 e. The highest BCUT2D eigenvalue weighted by molar-refractivity contribution is 9.10. The largest absolute Gasteiger partial charge is 0.480 e. The van der Waals surface area contributed by atoms with E-state index in [9.17, 15) is 4.79 Å². The second kappa shape index (κ2) is 8.53. The molecule has 5 nitrogen and oxygen atoms in total. The van der Waals surface area contributed by atoms with Gasteiger partial charge in [0.1, 0.15) is 5.75 Å². The van der Waals surface area contributed by atoms with E-state index in [2.05, 4.69) is 26.3 Å². The molecule has 1 aromatic carbocycles. The molecule has 0 aliphatic carbocycles. The third-order valence-electron chi connectivity index (χ3n) is 3.52. The molecular weight excluding hydrogens is 394 g/mol. The Morgan fingerprint density at radius 3 is 2.79 bits per heavy atom. The summed E-state index contributed by atoms with van der Waals surface area (Å²) in [6, 6.07) is 7.23. The van der Waals surface area contributed by atoms with Gasteiger partial charge in [0, 0.05) is 23.8 Å². The number of hydrogen-bond donors (Lipinski definition) is 1. The van der Waals surface area contributed by atoms with Crippen molar-refractivity contribution in [1.29, 1.82) is 0 Å². The molecular formula is C17H21BrClN3O2. The van der Waals surface area contributed by atoms with Crippen LogP contribution in [0, 0.1) is 13.8 Å². The predicted octanol–water partition coefficient (Wildman–Crippen LogP) is 3.89. The number of carbonyl (C=O) groups excluding carboxylic acids is 1. The molecule has 0 saturated carbocycles. The molecule has 2 aromatic rings. The number of carbonyl (C=O) groups is 1. The summed E-state index contributed by atoms with van der Waals surface area (Å²) >= 11 is 9.26. The summed E-state index contributed by atoms with van der Waals surface area (Å²) in [6.07, 6.45) is 0.224. The van der Waals surface area contributed by atoms with Crippen LogP contribution in [0.15, 0.2) is 28.7 Å². The molecule has 0 radical (unpaired) electrons. The summed E-state index contributed by atoms with van der Waals surface area (Å²) in [5.74, 6) is 0.440. The van der Waals surface area contributed by atoms with Gasteiger partial charge in [0.15, 0.2) is 6.10 Å². The Morgan fingerprint density at radius 1 is 1.42 bits per heavy atom. The van der Waals surface area contributed by atoms with Gasteiger partial charge in [-0.25, -0.2) is 0 Å². The lowest BCUT2D eigenvalue weighted by Crippen LogP contribution is -2.37. The SMILES string of the molecule is Cc1cc(C)n(CCCNC(=O)C(C)Oc2ccc(Cl)cc2Br)n1. The van der Waals surface area contributed by atoms with Crippen molar-refractivity contribution in [2.45, 2.75) is 39.8 Å². The molecule has 1 unspecified atom stereocenters. The zero-order valence-corrected chi connectivity index (χ0v) is 16.3. The third-order valence-corrected chi connectivity index (χ3v) is 4.37. The molecule has 24 heavy (non-hydrogen) atoms. The van der Waals surface area contributed by atoms with Gasteiger partial charge in [0.2, 0.25) is 0 Å². The first-order chi connectivity index (χ1) is 11.4. The molecule has 0 spiro atoms. The Labute approximate surface area is 155 Å². The maximum Gasteiger partial charge on any atom is 0.260 e. The zero-order chi connectivity index (χ0) is 17.7. The first-order valence-corrected chi connectivity index (χ1v) is 8.94. The van der Waals surface area contributed by atoms with E-state index in [1.54, 1.807) is 25.1 Å². The number of hydrogen-bond acceptors (Lipinski definition) is 3. The maximum absolute atomic E-state index is 12.1. The quantitative estimate of drug-likeness (QED) is 0.699. The van der Waals surface area contributed by atoms with E-state index in [-0.39, 0.29) is 5.91 Å². The van der Waals surface area contributed by atoms with Gasteiger partial charge in [-0.05, 0) is 67.4 Å². The fraction of sp³-hybridized carbons (Fsp3) is 0.412. The number of benzene rings is 1. The van der Waals surface area contributed by atoms with Crippen molar-refractivity contribution < 1.29 is 9.53 Å². The number of aryl methyl sites for hydroxylation is 3. The average molecular weight is 415 g/mol. The second-order valence-electron chi connectivity index (χ2n) is 5.63. The molecule has 0 aliphatic heterocycles. The van der Waals surface area contributed by atoms with Gasteiger partial charge in [0.25, 0.3) is 5.91 Å². The van der Waals surface area contributed by atoms with Crippen LogP contribution < -0.4 is 10.1 Å². The van der Waals surface area contributed by atoms with Crippen molar-refractivity contribution in [3.8, 4) is 5.75 Å². The number of amides is 1. The summed E-state index contributed by atoms with van der Waals surface area (Å²) in [5, 5.41) is 7.89. The normalized spacial score (nSPS) is 12.0. The van der Waals surface area contributed by atoms with Crippen LogP contribution in [0.5, 0.6) is 5.75 Å². The van der Waals surface area contributed by atoms with Crippen molar-refractivity contribution in [3.63, 3.8) is 0 Å². The molecule has 1 heterocycles. The highest BCUT2D eigenvalue weighted by Crippen LogP contribution is 2.28. The fourth-order valence-corrected chi connectivity index (χ4v) is 3.08. The molecule has 1 aromatic heterocycles. The Morgan fingerprint density at radius 2 is 2.17 bits per heavy atom. The highest BCUT2D eigenvalue weighted by Gasteiger charge is 2.15. The van der Waals surface area contributed by atoms with Crippen molar-refractivity contribution in [3.05, 3.63) is 45.1 Å². The van der Waals surface area contributed by atoms with Crippen LogP contribution >= 0.6 is 27.5 Å². The van der Waals surface area contributed by atoms with Crippen molar-refractivity contribution in [2.75, 3.05) is 6.54 Å². The fourth-order valence-electron chi connectivity index (χ4n) is 2.30. The summed E-state index contributed by atoms with van der Waals surface area (Å²) < 4.78 is 8.34. The van der Waals surface area contributed by atoms with Crippen LogP contribution in [0.1, 0.15) is 24.7 Å². The second-order valence-corrected chi connectivity index (χ2v) is 6.92. The van der Waals surface area contributed by atoms with E-state index in [1.807, 2.05) is 24.6 Å². The molecule has 1 atom stereocenters. The van der Waals surface area contributed by atoms with Gasteiger partial charge < -0.3 is 10.1 Å². The van der Waals surface area contributed by atoms with Gasteiger partial charge in [-0.1, -0.05) is 11.6 Å². The third kappa shape index (κ3) is 5.24. The Kier molecular flexibility index (Phi) is 6.69. The van der Waals surface area contributed by atoms with Gasteiger partial charge in [-0.15, -0.1) is 0 Å². The number of nitrogens with one attached hydrogen (secondary N) is 1. The summed E-state index contributed by atoms with van der Waals surface area (Å²) in [7, 11) is 0. The maximum atomic E-state index is 12.1. The minimum absolute atomic E-state index is 0.148. The Hall–Kier alpha value is -1.53. The van der Waals surface area contributed by atoms with Crippen molar-refractivity contribution >= 4 is 33.4 Å². The van der Waals surface area contributed by atoms with Crippen LogP contribution in [0.2, 0.25) is 5.02 Å². The molecule has 0 saturated heterocycles. The first-order valence-electron chi connectivity index (χ1n) is 7.77. The highest BCUT2D eigenvalue weighted by atomic mass is 79.9. The predicted molar refractivity (Wildman–Crippen MR) is 98.6 cm³/mol. The van der Waals surface area contributed by atoms with Crippen LogP contribution in [0.3, 0.4) is 0 Å². The van der Waals surface area contributed by atoms with Gasteiger partial charge >= 0.3 is 0 Å². The lowest BCUT2D eigenvalue weighted by Gasteiger charge is -2.16. The van der Waals surface area contributed by atoms with Gasteiger partial charge in [-0.2, -0.15) is 5.10 Å². The molecule has 1 N–H and O–H groups in total. The number of halogens is 2. The number of nitrogens with zero attached hydrogens (tertiary/aromatic N) is 2. The first kappa shape index (κ1) is 18.8.